The molecule has 0 saturated carbocycles. The average Bonchev–Trinajstić information content (AvgIpc) is 3.34. The summed E-state index contributed by atoms with van der Waals surface area (Å²) in [6, 6.07) is 17.2. The first-order chi connectivity index (χ1) is 14.5. The van der Waals surface area contributed by atoms with Crippen molar-refractivity contribution in [3.63, 3.8) is 0 Å². The standard InChI is InChI=1S/C22H17ClN2O4S/c23-16-7-3-14(4-8-16)12-19-20(26)25(13-18-2-1-11-29-18)22(30-19)24-17-9-5-15(6-10-17)21(27)28/h1-11,19H,12-13H2,(H,27,28). The molecule has 1 unspecified atom stereocenters. The van der Waals surface area contributed by atoms with E-state index in [-0.39, 0.29) is 23.3 Å². The van der Waals surface area contributed by atoms with Crippen molar-refractivity contribution in [1.29, 1.82) is 0 Å². The van der Waals surface area contributed by atoms with Gasteiger partial charge >= 0.3 is 5.97 Å². The van der Waals surface area contributed by atoms with Crippen molar-refractivity contribution in [3.8, 4) is 0 Å². The summed E-state index contributed by atoms with van der Waals surface area (Å²) >= 11 is 7.35. The number of amides is 1. The molecule has 0 aliphatic carbocycles. The minimum Gasteiger partial charge on any atom is -0.478 e. The maximum Gasteiger partial charge on any atom is 0.335 e. The third-order valence-corrected chi connectivity index (χ3v) is 6.01. The van der Waals surface area contributed by atoms with E-state index >= 15 is 0 Å². The lowest BCUT2D eigenvalue weighted by Gasteiger charge is -2.15. The number of rotatable bonds is 6. The fourth-order valence-electron chi connectivity index (χ4n) is 3.05. The number of halogens is 1. The van der Waals surface area contributed by atoms with Gasteiger partial charge in [-0.2, -0.15) is 0 Å². The predicted octanol–water partition coefficient (Wildman–Crippen LogP) is 5.01. The van der Waals surface area contributed by atoms with Crippen LogP contribution in [-0.4, -0.2) is 32.3 Å². The van der Waals surface area contributed by atoms with Gasteiger partial charge in [-0.05, 0) is 60.5 Å². The highest BCUT2D eigenvalue weighted by Crippen LogP contribution is 2.33. The molecule has 1 fully saturated rings. The van der Waals surface area contributed by atoms with Crippen molar-refractivity contribution in [2.45, 2.75) is 18.2 Å². The summed E-state index contributed by atoms with van der Waals surface area (Å²) in [6.45, 7) is 0.280. The number of amidine groups is 1. The van der Waals surface area contributed by atoms with E-state index in [4.69, 9.17) is 21.1 Å². The van der Waals surface area contributed by atoms with Crippen LogP contribution in [0, 0.1) is 0 Å². The molecule has 3 aromatic rings. The SMILES string of the molecule is O=C(O)c1ccc(N=C2SC(Cc3ccc(Cl)cc3)C(=O)N2Cc2ccco2)cc1. The number of nitrogens with zero attached hydrogens (tertiary/aromatic N) is 2. The molecule has 1 aliphatic heterocycles. The quantitative estimate of drug-likeness (QED) is 0.582. The molecule has 0 radical (unpaired) electrons. The summed E-state index contributed by atoms with van der Waals surface area (Å²) in [7, 11) is 0. The van der Waals surface area contributed by atoms with Crippen LogP contribution in [0.1, 0.15) is 21.7 Å². The van der Waals surface area contributed by atoms with Crippen molar-refractivity contribution in [1.82, 2.24) is 4.90 Å². The Bertz CT molecular complexity index is 1080. The lowest BCUT2D eigenvalue weighted by Crippen LogP contribution is -2.32. The number of aromatic carboxylic acids is 1. The van der Waals surface area contributed by atoms with Crippen LogP contribution in [0.3, 0.4) is 0 Å². The molecular weight excluding hydrogens is 424 g/mol. The van der Waals surface area contributed by atoms with Crippen molar-refractivity contribution in [3.05, 3.63) is 88.8 Å². The topological polar surface area (TPSA) is 83.1 Å². The number of aliphatic imine (C=N–C) groups is 1. The van der Waals surface area contributed by atoms with Gasteiger partial charge in [0.25, 0.3) is 0 Å². The Morgan fingerprint density at radius 2 is 1.87 bits per heavy atom. The van der Waals surface area contributed by atoms with Gasteiger partial charge < -0.3 is 9.52 Å². The van der Waals surface area contributed by atoms with Gasteiger partial charge in [-0.1, -0.05) is 35.5 Å². The molecule has 1 atom stereocenters. The molecule has 1 amide bonds. The minimum absolute atomic E-state index is 0.0488. The first kappa shape index (κ1) is 20.3. The lowest BCUT2D eigenvalue weighted by molar-refractivity contribution is -0.126. The number of carbonyl (C=O) groups excluding carboxylic acids is 1. The van der Waals surface area contributed by atoms with Crippen molar-refractivity contribution in [2.75, 3.05) is 0 Å². The van der Waals surface area contributed by atoms with Gasteiger partial charge in [0.2, 0.25) is 5.91 Å². The highest BCUT2D eigenvalue weighted by molar-refractivity contribution is 8.15. The monoisotopic (exact) mass is 440 g/mol. The maximum absolute atomic E-state index is 13.1. The van der Waals surface area contributed by atoms with E-state index in [9.17, 15) is 9.59 Å². The highest BCUT2D eigenvalue weighted by Gasteiger charge is 2.38. The summed E-state index contributed by atoms with van der Waals surface area (Å²) in [5.74, 6) is -0.389. The van der Waals surface area contributed by atoms with E-state index in [0.29, 0.717) is 28.1 Å². The number of carbonyl (C=O) groups is 2. The molecule has 152 valence electrons. The molecule has 8 heteroatoms. The van der Waals surface area contributed by atoms with Gasteiger partial charge in [0.15, 0.2) is 5.17 Å². The van der Waals surface area contributed by atoms with Crippen molar-refractivity contribution < 1.29 is 19.1 Å². The zero-order valence-corrected chi connectivity index (χ0v) is 17.3. The zero-order chi connectivity index (χ0) is 21.1. The lowest BCUT2D eigenvalue weighted by atomic mass is 10.1. The van der Waals surface area contributed by atoms with Crippen LogP contribution < -0.4 is 0 Å². The van der Waals surface area contributed by atoms with E-state index in [1.54, 1.807) is 41.5 Å². The Hall–Kier alpha value is -3.03. The Kier molecular flexibility index (Phi) is 5.92. The van der Waals surface area contributed by atoms with Gasteiger partial charge in [-0.25, -0.2) is 9.79 Å². The number of benzene rings is 2. The molecule has 2 aromatic carbocycles. The van der Waals surface area contributed by atoms with Gasteiger partial charge in [0.1, 0.15) is 5.76 Å². The summed E-state index contributed by atoms with van der Waals surface area (Å²) in [5.41, 5.74) is 1.77. The molecular formula is C22H17ClN2O4S. The predicted molar refractivity (Wildman–Crippen MR) is 116 cm³/mol. The molecule has 2 heterocycles. The number of carboxylic acids is 1. The van der Waals surface area contributed by atoms with E-state index in [1.807, 2.05) is 18.2 Å². The summed E-state index contributed by atoms with van der Waals surface area (Å²) in [4.78, 5) is 30.4. The Morgan fingerprint density at radius 1 is 1.13 bits per heavy atom. The van der Waals surface area contributed by atoms with E-state index in [1.165, 1.54) is 23.9 Å². The van der Waals surface area contributed by atoms with Crippen LogP contribution in [0.25, 0.3) is 0 Å². The molecule has 1 saturated heterocycles. The van der Waals surface area contributed by atoms with Gasteiger partial charge in [-0.3, -0.25) is 9.69 Å². The Balaban J connectivity index is 1.60. The van der Waals surface area contributed by atoms with E-state index in [0.717, 1.165) is 5.56 Å². The smallest absolute Gasteiger partial charge is 0.335 e. The highest BCUT2D eigenvalue weighted by atomic mass is 35.5. The molecule has 0 spiro atoms. The Labute approximate surface area is 182 Å². The van der Waals surface area contributed by atoms with Crippen molar-refractivity contribution in [2.24, 2.45) is 4.99 Å². The number of hydrogen-bond acceptors (Lipinski definition) is 5. The van der Waals surface area contributed by atoms with Crippen LogP contribution in [0.15, 0.2) is 76.3 Å². The van der Waals surface area contributed by atoms with Crippen LogP contribution in [0.5, 0.6) is 0 Å². The summed E-state index contributed by atoms with van der Waals surface area (Å²) in [6.07, 6.45) is 2.11. The van der Waals surface area contributed by atoms with Crippen molar-refractivity contribution >= 4 is 46.1 Å². The van der Waals surface area contributed by atoms with Crippen LogP contribution in [0.2, 0.25) is 5.02 Å². The van der Waals surface area contributed by atoms with Crippen LogP contribution in [0.4, 0.5) is 5.69 Å². The molecule has 6 nitrogen and oxygen atoms in total. The summed E-state index contributed by atoms with van der Waals surface area (Å²) in [5, 5.41) is 9.94. The van der Waals surface area contributed by atoms with E-state index < -0.39 is 5.97 Å². The minimum atomic E-state index is -0.998. The maximum atomic E-state index is 13.1. The molecule has 1 aromatic heterocycles. The second kappa shape index (κ2) is 8.77. The fourth-order valence-corrected chi connectivity index (χ4v) is 4.38. The first-order valence-corrected chi connectivity index (χ1v) is 10.4. The third-order valence-electron chi connectivity index (χ3n) is 4.59. The second-order valence-electron chi connectivity index (χ2n) is 6.69. The number of furan rings is 1. The number of thioether (sulfide) groups is 1. The second-order valence-corrected chi connectivity index (χ2v) is 8.29. The fraction of sp³-hybridized carbons (Fsp3) is 0.136. The van der Waals surface area contributed by atoms with Crippen LogP contribution >= 0.6 is 23.4 Å². The van der Waals surface area contributed by atoms with Gasteiger partial charge in [-0.15, -0.1) is 0 Å². The zero-order valence-electron chi connectivity index (χ0n) is 15.7. The number of carboxylic acid groups (broad SMARTS) is 1. The van der Waals surface area contributed by atoms with E-state index in [2.05, 4.69) is 4.99 Å². The van der Waals surface area contributed by atoms with Gasteiger partial charge in [0, 0.05) is 5.02 Å². The van der Waals surface area contributed by atoms with Gasteiger partial charge in [0.05, 0.1) is 29.3 Å². The molecule has 4 rings (SSSR count). The first-order valence-electron chi connectivity index (χ1n) is 9.16. The molecule has 30 heavy (non-hydrogen) atoms. The Morgan fingerprint density at radius 3 is 2.50 bits per heavy atom. The average molecular weight is 441 g/mol. The largest absolute Gasteiger partial charge is 0.478 e. The normalized spacial score (nSPS) is 17.6. The molecule has 1 N–H and O–H groups in total. The number of hydrogen-bond donors (Lipinski definition) is 1. The summed E-state index contributed by atoms with van der Waals surface area (Å²) < 4.78 is 5.41. The molecule has 0 bridgehead atoms. The van der Waals surface area contributed by atoms with Crippen LogP contribution in [-0.2, 0) is 17.8 Å². The third kappa shape index (κ3) is 4.58. The molecule has 1 aliphatic rings.